The summed E-state index contributed by atoms with van der Waals surface area (Å²) in [5.74, 6) is -0.608. The normalized spacial score (nSPS) is 12.2. The molecular weight excluding hydrogens is 490 g/mol. The average Bonchev–Trinajstić information content (AvgIpc) is 3.07. The molecule has 1 amide bonds. The standard InChI is InChI=1S/C20H15N3O9S2/c1-22-17-5-4-14(23(25)26)6-12(17)8-18(22)20(24)21-13-3-2-11-7-15(33(27,28)29)10-19(16(11)9-13)34(30,31)32/h2-10H,1H3,(H,21,24)(H,27,28,29)(H,30,31,32). The van der Waals surface area contributed by atoms with Crippen LogP contribution in [0.3, 0.4) is 0 Å². The Morgan fingerprint density at radius 3 is 2.26 bits per heavy atom. The number of rotatable bonds is 5. The van der Waals surface area contributed by atoms with Crippen LogP contribution in [-0.4, -0.2) is 41.3 Å². The molecular formula is C20H15N3O9S2. The van der Waals surface area contributed by atoms with Crippen LogP contribution in [0.25, 0.3) is 21.7 Å². The summed E-state index contributed by atoms with van der Waals surface area (Å²) in [5, 5.41) is 14.0. The highest BCUT2D eigenvalue weighted by Gasteiger charge is 2.21. The van der Waals surface area contributed by atoms with Gasteiger partial charge in [0, 0.05) is 41.2 Å². The quantitative estimate of drug-likeness (QED) is 0.208. The summed E-state index contributed by atoms with van der Waals surface area (Å²) in [4.78, 5) is 21.8. The molecule has 0 aliphatic rings. The summed E-state index contributed by atoms with van der Waals surface area (Å²) in [6, 6.07) is 11.1. The molecule has 4 aromatic rings. The van der Waals surface area contributed by atoms with Crippen molar-refractivity contribution < 1.29 is 35.7 Å². The van der Waals surface area contributed by atoms with Crippen molar-refractivity contribution in [3.63, 3.8) is 0 Å². The minimum atomic E-state index is -4.89. The van der Waals surface area contributed by atoms with E-state index in [2.05, 4.69) is 5.32 Å². The molecule has 4 rings (SSSR count). The minimum absolute atomic E-state index is 0.0673. The maximum atomic E-state index is 12.9. The van der Waals surface area contributed by atoms with E-state index in [1.54, 1.807) is 7.05 Å². The number of benzene rings is 3. The SMILES string of the molecule is Cn1c(C(=O)Nc2ccc3cc(S(=O)(=O)O)cc(S(=O)(=O)O)c3c2)cc2cc([N+](=O)[O-])ccc21. The van der Waals surface area contributed by atoms with Gasteiger partial charge in [0.2, 0.25) is 0 Å². The van der Waals surface area contributed by atoms with Gasteiger partial charge in [0.25, 0.3) is 31.8 Å². The third-order valence-electron chi connectivity index (χ3n) is 5.19. The Morgan fingerprint density at radius 1 is 0.941 bits per heavy atom. The lowest BCUT2D eigenvalue weighted by Crippen LogP contribution is -2.15. The van der Waals surface area contributed by atoms with Gasteiger partial charge < -0.3 is 9.88 Å². The minimum Gasteiger partial charge on any atom is -0.340 e. The maximum absolute atomic E-state index is 12.9. The number of carbonyl (C=O) groups excluding carboxylic acids is 1. The second-order valence-corrected chi connectivity index (χ2v) is 10.2. The first-order valence-corrected chi connectivity index (χ1v) is 12.2. The van der Waals surface area contributed by atoms with Crippen LogP contribution < -0.4 is 5.32 Å². The number of aryl methyl sites for hydroxylation is 1. The van der Waals surface area contributed by atoms with Crippen LogP contribution in [0.1, 0.15) is 10.5 Å². The van der Waals surface area contributed by atoms with E-state index in [4.69, 9.17) is 0 Å². The van der Waals surface area contributed by atoms with E-state index in [0.29, 0.717) is 17.0 Å². The van der Waals surface area contributed by atoms with Gasteiger partial charge in [-0.3, -0.25) is 24.0 Å². The van der Waals surface area contributed by atoms with Crippen LogP contribution >= 0.6 is 0 Å². The van der Waals surface area contributed by atoms with Crippen molar-refractivity contribution in [1.29, 1.82) is 0 Å². The van der Waals surface area contributed by atoms with Crippen LogP contribution in [0, 0.1) is 10.1 Å². The molecule has 0 bridgehead atoms. The number of amides is 1. The van der Waals surface area contributed by atoms with Gasteiger partial charge in [-0.25, -0.2) is 0 Å². The Morgan fingerprint density at radius 2 is 1.65 bits per heavy atom. The Labute approximate surface area is 192 Å². The third kappa shape index (κ3) is 4.22. The first-order chi connectivity index (χ1) is 15.8. The molecule has 14 heteroatoms. The van der Waals surface area contributed by atoms with E-state index in [0.717, 1.165) is 6.07 Å². The molecule has 0 saturated heterocycles. The summed E-state index contributed by atoms with van der Waals surface area (Å²) in [7, 11) is -8.06. The van der Waals surface area contributed by atoms with Crippen LogP contribution in [-0.2, 0) is 27.3 Å². The fourth-order valence-electron chi connectivity index (χ4n) is 3.60. The van der Waals surface area contributed by atoms with Gasteiger partial charge in [-0.05, 0) is 41.8 Å². The van der Waals surface area contributed by atoms with E-state index in [9.17, 15) is 40.8 Å². The molecule has 1 aromatic heterocycles. The number of nitrogens with zero attached hydrogens (tertiary/aromatic N) is 2. The first kappa shape index (κ1) is 23.3. The number of aromatic nitrogens is 1. The lowest BCUT2D eigenvalue weighted by molar-refractivity contribution is -0.384. The van der Waals surface area contributed by atoms with E-state index in [1.807, 2.05) is 0 Å². The van der Waals surface area contributed by atoms with Crippen molar-refractivity contribution >= 4 is 59.2 Å². The molecule has 12 nitrogen and oxygen atoms in total. The number of hydrogen-bond donors (Lipinski definition) is 3. The number of nitro benzene ring substituents is 1. The van der Waals surface area contributed by atoms with Gasteiger partial charge in [-0.15, -0.1) is 0 Å². The van der Waals surface area contributed by atoms with Gasteiger partial charge in [-0.2, -0.15) is 16.8 Å². The van der Waals surface area contributed by atoms with E-state index < -0.39 is 40.9 Å². The highest BCUT2D eigenvalue weighted by atomic mass is 32.2. The van der Waals surface area contributed by atoms with E-state index in [-0.39, 0.29) is 27.8 Å². The summed E-state index contributed by atoms with van der Waals surface area (Å²) in [5.41, 5.74) is 0.716. The topological polar surface area (TPSA) is 186 Å². The molecule has 0 unspecified atom stereocenters. The fourth-order valence-corrected chi connectivity index (χ4v) is 4.95. The predicted molar refractivity (Wildman–Crippen MR) is 121 cm³/mol. The molecule has 0 spiro atoms. The molecule has 34 heavy (non-hydrogen) atoms. The lowest BCUT2D eigenvalue weighted by Gasteiger charge is -2.11. The monoisotopic (exact) mass is 505 g/mol. The maximum Gasteiger partial charge on any atom is 0.295 e. The summed E-state index contributed by atoms with van der Waals surface area (Å²) >= 11 is 0. The molecule has 3 N–H and O–H groups in total. The number of anilines is 1. The largest absolute Gasteiger partial charge is 0.340 e. The van der Waals surface area contributed by atoms with Crippen molar-refractivity contribution in [3.05, 3.63) is 70.4 Å². The smallest absolute Gasteiger partial charge is 0.295 e. The highest BCUT2D eigenvalue weighted by molar-refractivity contribution is 7.86. The third-order valence-corrected chi connectivity index (χ3v) is 6.92. The summed E-state index contributed by atoms with van der Waals surface area (Å²) in [6.07, 6.45) is 0. The summed E-state index contributed by atoms with van der Waals surface area (Å²) < 4.78 is 67.0. The Bertz CT molecular complexity index is 1740. The molecule has 0 atom stereocenters. The van der Waals surface area contributed by atoms with Crippen molar-refractivity contribution in [3.8, 4) is 0 Å². The molecule has 0 fully saturated rings. The van der Waals surface area contributed by atoms with E-state index in [1.165, 1.54) is 47.0 Å². The van der Waals surface area contributed by atoms with Gasteiger partial charge in [0.05, 0.1) is 9.82 Å². The van der Waals surface area contributed by atoms with Crippen molar-refractivity contribution in [2.75, 3.05) is 5.32 Å². The molecule has 1 heterocycles. The molecule has 3 aromatic carbocycles. The van der Waals surface area contributed by atoms with Crippen molar-refractivity contribution in [1.82, 2.24) is 4.57 Å². The molecule has 0 aliphatic heterocycles. The molecule has 176 valence electrons. The van der Waals surface area contributed by atoms with Crippen LogP contribution in [0.15, 0.2) is 64.4 Å². The van der Waals surface area contributed by atoms with Crippen LogP contribution in [0.5, 0.6) is 0 Å². The summed E-state index contributed by atoms with van der Waals surface area (Å²) in [6.45, 7) is 0. The van der Waals surface area contributed by atoms with Gasteiger partial charge >= 0.3 is 0 Å². The fraction of sp³-hybridized carbons (Fsp3) is 0.0500. The van der Waals surface area contributed by atoms with E-state index >= 15 is 0 Å². The first-order valence-electron chi connectivity index (χ1n) is 9.34. The number of nitrogens with one attached hydrogen (secondary N) is 1. The highest BCUT2D eigenvalue weighted by Crippen LogP contribution is 2.30. The van der Waals surface area contributed by atoms with Crippen molar-refractivity contribution in [2.24, 2.45) is 7.05 Å². The second kappa shape index (κ2) is 7.88. The van der Waals surface area contributed by atoms with Crippen LogP contribution in [0.2, 0.25) is 0 Å². The van der Waals surface area contributed by atoms with Gasteiger partial charge in [-0.1, -0.05) is 6.07 Å². The number of carbonyl (C=O) groups is 1. The Hall–Kier alpha value is -3.85. The predicted octanol–water partition coefficient (Wildman–Crippen LogP) is 2.99. The van der Waals surface area contributed by atoms with Gasteiger partial charge in [0.1, 0.15) is 10.6 Å². The zero-order chi connectivity index (χ0) is 25.0. The average molecular weight is 505 g/mol. The number of non-ortho nitro benzene ring substituents is 1. The molecule has 0 aliphatic carbocycles. The zero-order valence-electron chi connectivity index (χ0n) is 17.2. The van der Waals surface area contributed by atoms with Crippen LogP contribution in [0.4, 0.5) is 11.4 Å². The lowest BCUT2D eigenvalue weighted by atomic mass is 10.1. The second-order valence-electron chi connectivity index (χ2n) is 7.35. The molecule has 0 saturated carbocycles. The number of hydrogen-bond acceptors (Lipinski definition) is 7. The van der Waals surface area contributed by atoms with Crippen molar-refractivity contribution in [2.45, 2.75) is 9.79 Å². The number of nitro groups is 1. The Kier molecular flexibility index (Phi) is 5.40. The Balaban J connectivity index is 1.77. The zero-order valence-corrected chi connectivity index (χ0v) is 18.8. The van der Waals surface area contributed by atoms with Gasteiger partial charge in [0.15, 0.2) is 0 Å². The number of fused-ring (bicyclic) bond motifs is 2. The molecule has 0 radical (unpaired) electrons.